The van der Waals surface area contributed by atoms with Crippen LogP contribution in [0.2, 0.25) is 0 Å². The second kappa shape index (κ2) is 6.30. The fourth-order valence-corrected chi connectivity index (χ4v) is 1.87. The smallest absolute Gasteiger partial charge is 0.338 e. The van der Waals surface area contributed by atoms with Crippen LogP contribution in [0.3, 0.4) is 0 Å². The van der Waals surface area contributed by atoms with E-state index in [9.17, 15) is 9.18 Å². The molecule has 0 spiro atoms. The van der Waals surface area contributed by atoms with Gasteiger partial charge in [-0.15, -0.1) is 0 Å². The Bertz CT molecular complexity index is 596. The summed E-state index contributed by atoms with van der Waals surface area (Å²) < 4.78 is 18.9. The van der Waals surface area contributed by atoms with Crippen LogP contribution in [0, 0.1) is 5.82 Å². The molecule has 1 N–H and O–H groups in total. The molecule has 3 nitrogen and oxygen atoms in total. The third-order valence-electron chi connectivity index (χ3n) is 3.03. The lowest BCUT2D eigenvalue weighted by Crippen LogP contribution is -2.04. The van der Waals surface area contributed by atoms with Crippen molar-refractivity contribution in [3.05, 3.63) is 71.0 Å². The maximum absolute atomic E-state index is 13.3. The normalized spacial score (nSPS) is 12.1. The molecule has 104 valence electrons. The zero-order valence-corrected chi connectivity index (χ0v) is 11.0. The number of carbonyl (C=O) groups is 1. The lowest BCUT2D eigenvalue weighted by molar-refractivity contribution is 0.0524. The first kappa shape index (κ1) is 14.2. The Kier molecular flexibility index (Phi) is 4.48. The lowest BCUT2D eigenvalue weighted by Gasteiger charge is -2.13. The van der Waals surface area contributed by atoms with Crippen molar-refractivity contribution < 1.29 is 19.0 Å². The first-order valence-electron chi connectivity index (χ1n) is 6.26. The SMILES string of the molecule is CC(OCc1ccc(F)c(C(=O)O)c1)c1ccccc1. The molecule has 0 heterocycles. The predicted molar refractivity (Wildman–Crippen MR) is 73.0 cm³/mol. The molecule has 0 aliphatic carbocycles. The molecule has 2 rings (SSSR count). The summed E-state index contributed by atoms with van der Waals surface area (Å²) in [7, 11) is 0. The van der Waals surface area contributed by atoms with Crippen molar-refractivity contribution in [1.29, 1.82) is 0 Å². The van der Waals surface area contributed by atoms with Crippen LogP contribution >= 0.6 is 0 Å². The molecule has 0 amide bonds. The van der Waals surface area contributed by atoms with Crippen molar-refractivity contribution in [3.8, 4) is 0 Å². The fourth-order valence-electron chi connectivity index (χ4n) is 1.87. The van der Waals surface area contributed by atoms with Crippen LogP contribution in [0.1, 0.15) is 34.5 Å². The number of carboxylic acid groups (broad SMARTS) is 1. The zero-order valence-electron chi connectivity index (χ0n) is 11.0. The summed E-state index contributed by atoms with van der Waals surface area (Å²) in [5.74, 6) is -2.02. The van der Waals surface area contributed by atoms with Gasteiger partial charge in [-0.25, -0.2) is 9.18 Å². The highest BCUT2D eigenvalue weighted by Crippen LogP contribution is 2.19. The minimum atomic E-state index is -1.28. The zero-order chi connectivity index (χ0) is 14.5. The number of halogens is 1. The van der Waals surface area contributed by atoms with E-state index in [0.29, 0.717) is 5.56 Å². The molecule has 2 aromatic rings. The average molecular weight is 274 g/mol. The molecule has 0 bridgehead atoms. The number of rotatable bonds is 5. The standard InChI is InChI=1S/C16H15FO3/c1-11(13-5-3-2-4-6-13)20-10-12-7-8-15(17)14(9-12)16(18)19/h2-9,11H,10H2,1H3,(H,18,19). The molecule has 0 fully saturated rings. The minimum absolute atomic E-state index is 0.116. The van der Waals surface area contributed by atoms with Gasteiger partial charge in [-0.2, -0.15) is 0 Å². The highest BCUT2D eigenvalue weighted by atomic mass is 19.1. The van der Waals surface area contributed by atoms with Crippen LogP contribution in [-0.2, 0) is 11.3 Å². The first-order chi connectivity index (χ1) is 9.58. The van der Waals surface area contributed by atoms with E-state index in [1.165, 1.54) is 12.1 Å². The van der Waals surface area contributed by atoms with Gasteiger partial charge in [-0.3, -0.25) is 0 Å². The summed E-state index contributed by atoms with van der Waals surface area (Å²) in [6.45, 7) is 2.15. The molecule has 0 aliphatic heterocycles. The van der Waals surface area contributed by atoms with Crippen molar-refractivity contribution >= 4 is 5.97 Å². The Hall–Kier alpha value is -2.20. The van der Waals surface area contributed by atoms with Gasteiger partial charge >= 0.3 is 5.97 Å². The van der Waals surface area contributed by atoms with Gasteiger partial charge in [0.1, 0.15) is 5.82 Å². The number of hydrogen-bond acceptors (Lipinski definition) is 2. The quantitative estimate of drug-likeness (QED) is 0.902. The molecule has 0 aromatic heterocycles. The van der Waals surface area contributed by atoms with Gasteiger partial charge in [0.05, 0.1) is 18.3 Å². The first-order valence-corrected chi connectivity index (χ1v) is 6.26. The van der Waals surface area contributed by atoms with Crippen LogP contribution in [0.4, 0.5) is 4.39 Å². The molecular formula is C16H15FO3. The van der Waals surface area contributed by atoms with Gasteiger partial charge in [0.15, 0.2) is 0 Å². The van der Waals surface area contributed by atoms with E-state index in [1.807, 2.05) is 37.3 Å². The van der Waals surface area contributed by atoms with Gasteiger partial charge in [0.2, 0.25) is 0 Å². The fraction of sp³-hybridized carbons (Fsp3) is 0.188. The number of ether oxygens (including phenoxy) is 1. The van der Waals surface area contributed by atoms with Crippen molar-refractivity contribution in [1.82, 2.24) is 0 Å². The van der Waals surface area contributed by atoms with Crippen LogP contribution < -0.4 is 0 Å². The van der Waals surface area contributed by atoms with E-state index in [4.69, 9.17) is 9.84 Å². The molecule has 20 heavy (non-hydrogen) atoms. The van der Waals surface area contributed by atoms with E-state index < -0.39 is 11.8 Å². The van der Waals surface area contributed by atoms with E-state index in [0.717, 1.165) is 11.6 Å². The van der Waals surface area contributed by atoms with Gasteiger partial charge < -0.3 is 9.84 Å². The minimum Gasteiger partial charge on any atom is -0.478 e. The molecule has 0 radical (unpaired) electrons. The molecule has 1 atom stereocenters. The van der Waals surface area contributed by atoms with Crippen LogP contribution in [0.25, 0.3) is 0 Å². The van der Waals surface area contributed by atoms with Gasteiger partial charge in [-0.1, -0.05) is 36.4 Å². The summed E-state index contributed by atoms with van der Waals surface area (Å²) >= 11 is 0. The van der Waals surface area contributed by atoms with Crippen LogP contribution in [0.15, 0.2) is 48.5 Å². The molecule has 2 aromatic carbocycles. The monoisotopic (exact) mass is 274 g/mol. The number of carboxylic acids is 1. The second-order valence-corrected chi connectivity index (χ2v) is 4.48. The van der Waals surface area contributed by atoms with Gasteiger partial charge in [0, 0.05) is 0 Å². The topological polar surface area (TPSA) is 46.5 Å². The Balaban J connectivity index is 2.04. The van der Waals surface area contributed by atoms with Crippen LogP contribution in [0.5, 0.6) is 0 Å². The number of benzene rings is 2. The molecule has 4 heteroatoms. The maximum Gasteiger partial charge on any atom is 0.338 e. The second-order valence-electron chi connectivity index (χ2n) is 4.48. The van der Waals surface area contributed by atoms with E-state index in [2.05, 4.69) is 0 Å². The van der Waals surface area contributed by atoms with Crippen molar-refractivity contribution in [2.24, 2.45) is 0 Å². The van der Waals surface area contributed by atoms with Crippen molar-refractivity contribution in [2.75, 3.05) is 0 Å². The molecule has 0 aliphatic rings. The Morgan fingerprint density at radius 3 is 2.60 bits per heavy atom. The van der Waals surface area contributed by atoms with Gasteiger partial charge in [0.25, 0.3) is 0 Å². The highest BCUT2D eigenvalue weighted by molar-refractivity contribution is 5.88. The Morgan fingerprint density at radius 2 is 1.95 bits per heavy atom. The third kappa shape index (κ3) is 3.42. The molecule has 0 saturated carbocycles. The van der Waals surface area contributed by atoms with E-state index in [1.54, 1.807) is 0 Å². The molecular weight excluding hydrogens is 259 g/mol. The maximum atomic E-state index is 13.3. The summed E-state index contributed by atoms with van der Waals surface area (Å²) in [4.78, 5) is 10.9. The van der Waals surface area contributed by atoms with Crippen LogP contribution in [-0.4, -0.2) is 11.1 Å². The predicted octanol–water partition coefficient (Wildman–Crippen LogP) is 3.80. The van der Waals surface area contributed by atoms with E-state index >= 15 is 0 Å². The van der Waals surface area contributed by atoms with Gasteiger partial charge in [-0.05, 0) is 30.2 Å². The van der Waals surface area contributed by atoms with Crippen molar-refractivity contribution in [3.63, 3.8) is 0 Å². The highest BCUT2D eigenvalue weighted by Gasteiger charge is 2.12. The summed E-state index contributed by atoms with van der Waals surface area (Å²) in [6.07, 6.45) is -0.116. The Labute approximate surface area is 116 Å². The average Bonchev–Trinajstić information content (AvgIpc) is 2.46. The molecule has 1 unspecified atom stereocenters. The van der Waals surface area contributed by atoms with E-state index in [-0.39, 0.29) is 18.3 Å². The third-order valence-corrected chi connectivity index (χ3v) is 3.03. The number of aromatic carboxylic acids is 1. The summed E-state index contributed by atoms with van der Waals surface area (Å²) in [5, 5.41) is 8.86. The lowest BCUT2D eigenvalue weighted by atomic mass is 10.1. The Morgan fingerprint density at radius 1 is 1.25 bits per heavy atom. The number of hydrogen-bond donors (Lipinski definition) is 1. The largest absolute Gasteiger partial charge is 0.478 e. The molecule has 0 saturated heterocycles. The summed E-state index contributed by atoms with van der Waals surface area (Å²) in [6, 6.07) is 13.7. The summed E-state index contributed by atoms with van der Waals surface area (Å²) in [5.41, 5.74) is 1.33. The van der Waals surface area contributed by atoms with Crippen molar-refractivity contribution in [2.45, 2.75) is 19.6 Å².